The summed E-state index contributed by atoms with van der Waals surface area (Å²) in [5.41, 5.74) is 4.47. The molecule has 1 heterocycles. The molecule has 0 saturated carbocycles. The van der Waals surface area contributed by atoms with Gasteiger partial charge in [0, 0.05) is 6.42 Å². The molecule has 0 bridgehead atoms. The quantitative estimate of drug-likeness (QED) is 0.635. The van der Waals surface area contributed by atoms with Crippen LogP contribution < -0.4 is 11.1 Å². The Hall–Kier alpha value is -1.43. The minimum absolute atomic E-state index is 0.0402. The summed E-state index contributed by atoms with van der Waals surface area (Å²) < 4.78 is 0. The van der Waals surface area contributed by atoms with Crippen molar-refractivity contribution in [2.75, 3.05) is 13.1 Å². The first-order valence-electron chi connectivity index (χ1n) is 5.64. The Balaban J connectivity index is 2.83. The topological polar surface area (TPSA) is 92.5 Å². The third-order valence-corrected chi connectivity index (χ3v) is 3.01. The number of rotatable bonds is 3. The second-order valence-electron chi connectivity index (χ2n) is 4.96. The van der Waals surface area contributed by atoms with Gasteiger partial charge in [-0.15, -0.1) is 0 Å². The van der Waals surface area contributed by atoms with Gasteiger partial charge in [-0.25, -0.2) is 0 Å². The lowest BCUT2D eigenvalue weighted by Crippen LogP contribution is -2.65. The lowest BCUT2D eigenvalue weighted by Gasteiger charge is -2.40. The number of imide groups is 1. The molecule has 1 rings (SSSR count). The summed E-state index contributed by atoms with van der Waals surface area (Å²) in [4.78, 5) is 36.3. The zero-order valence-corrected chi connectivity index (χ0v) is 10.4. The van der Waals surface area contributed by atoms with Crippen molar-refractivity contribution >= 4 is 17.7 Å². The van der Waals surface area contributed by atoms with E-state index < -0.39 is 17.4 Å². The Bertz CT molecular complexity index is 352. The number of piperazine rings is 1. The summed E-state index contributed by atoms with van der Waals surface area (Å²) in [7, 11) is 0. The maximum absolute atomic E-state index is 12.0. The van der Waals surface area contributed by atoms with Crippen molar-refractivity contribution in [2.24, 2.45) is 11.7 Å². The number of hydrogen-bond donors (Lipinski definition) is 2. The molecule has 1 aliphatic rings. The standard InChI is InChI=1S/C11H19N3O3/c1-7(5-12)4-9(16)14-6-8(15)13-10(17)11(14,2)3/h7H,4-6,12H2,1-3H3,(H,13,15,17). The van der Waals surface area contributed by atoms with Crippen molar-refractivity contribution in [1.82, 2.24) is 10.2 Å². The molecule has 1 atom stereocenters. The molecule has 96 valence electrons. The monoisotopic (exact) mass is 241 g/mol. The van der Waals surface area contributed by atoms with E-state index in [2.05, 4.69) is 5.32 Å². The summed E-state index contributed by atoms with van der Waals surface area (Å²) in [5.74, 6) is -1.06. The Kier molecular flexibility index (Phi) is 3.87. The highest BCUT2D eigenvalue weighted by Crippen LogP contribution is 2.20. The van der Waals surface area contributed by atoms with Crippen molar-refractivity contribution in [3.63, 3.8) is 0 Å². The van der Waals surface area contributed by atoms with Gasteiger partial charge in [0.1, 0.15) is 12.1 Å². The van der Waals surface area contributed by atoms with Crippen LogP contribution in [0.25, 0.3) is 0 Å². The van der Waals surface area contributed by atoms with Crippen LogP contribution in [0.2, 0.25) is 0 Å². The number of hydrogen-bond acceptors (Lipinski definition) is 4. The molecule has 3 N–H and O–H groups in total. The molecule has 1 saturated heterocycles. The SMILES string of the molecule is CC(CN)CC(=O)N1CC(=O)NC(=O)C1(C)C. The first-order chi connectivity index (χ1) is 7.78. The number of nitrogens with two attached hydrogens (primary N) is 1. The molecule has 0 aromatic carbocycles. The normalized spacial score (nSPS) is 21.1. The molecule has 0 aliphatic carbocycles. The molecule has 6 heteroatoms. The Morgan fingerprint density at radius 2 is 2.12 bits per heavy atom. The number of amides is 3. The van der Waals surface area contributed by atoms with E-state index in [9.17, 15) is 14.4 Å². The highest BCUT2D eigenvalue weighted by atomic mass is 16.2. The van der Waals surface area contributed by atoms with Crippen LogP contribution >= 0.6 is 0 Å². The minimum atomic E-state index is -0.987. The highest BCUT2D eigenvalue weighted by Gasteiger charge is 2.43. The number of carbonyl (C=O) groups excluding carboxylic acids is 3. The molecule has 1 fully saturated rings. The van der Waals surface area contributed by atoms with Gasteiger partial charge in [-0.3, -0.25) is 19.7 Å². The van der Waals surface area contributed by atoms with E-state index in [1.165, 1.54) is 4.90 Å². The molecule has 0 spiro atoms. The van der Waals surface area contributed by atoms with E-state index in [0.29, 0.717) is 6.54 Å². The fraction of sp³-hybridized carbons (Fsp3) is 0.727. The second kappa shape index (κ2) is 4.83. The van der Waals surface area contributed by atoms with Gasteiger partial charge < -0.3 is 10.6 Å². The zero-order valence-electron chi connectivity index (χ0n) is 10.4. The average molecular weight is 241 g/mol. The number of carbonyl (C=O) groups is 3. The minimum Gasteiger partial charge on any atom is -0.330 e. The van der Waals surface area contributed by atoms with Crippen LogP contribution in [0.5, 0.6) is 0 Å². The number of nitrogens with one attached hydrogen (secondary N) is 1. The molecule has 17 heavy (non-hydrogen) atoms. The van der Waals surface area contributed by atoms with E-state index in [1.54, 1.807) is 13.8 Å². The first kappa shape index (κ1) is 13.6. The third kappa shape index (κ3) is 2.82. The summed E-state index contributed by atoms with van der Waals surface area (Å²) >= 11 is 0. The van der Waals surface area contributed by atoms with Crippen LogP contribution in [0.15, 0.2) is 0 Å². The molecular formula is C11H19N3O3. The smallest absolute Gasteiger partial charge is 0.252 e. The molecular weight excluding hydrogens is 222 g/mol. The predicted molar refractivity (Wildman–Crippen MR) is 61.8 cm³/mol. The van der Waals surface area contributed by atoms with Crippen LogP contribution in [0.1, 0.15) is 27.2 Å². The van der Waals surface area contributed by atoms with Gasteiger partial charge in [-0.2, -0.15) is 0 Å². The van der Waals surface area contributed by atoms with Gasteiger partial charge in [-0.1, -0.05) is 6.92 Å². The van der Waals surface area contributed by atoms with Crippen molar-refractivity contribution in [3.8, 4) is 0 Å². The molecule has 6 nitrogen and oxygen atoms in total. The summed E-state index contributed by atoms with van der Waals surface area (Å²) in [6.45, 7) is 5.44. The van der Waals surface area contributed by atoms with Crippen LogP contribution in [0.3, 0.4) is 0 Å². The van der Waals surface area contributed by atoms with E-state index in [-0.39, 0.29) is 24.8 Å². The van der Waals surface area contributed by atoms with Crippen LogP contribution in [0, 0.1) is 5.92 Å². The lowest BCUT2D eigenvalue weighted by atomic mass is 9.96. The largest absolute Gasteiger partial charge is 0.330 e. The Morgan fingerprint density at radius 3 is 2.65 bits per heavy atom. The molecule has 1 aliphatic heterocycles. The van der Waals surface area contributed by atoms with Gasteiger partial charge in [0.15, 0.2) is 0 Å². The fourth-order valence-corrected chi connectivity index (χ4v) is 1.67. The van der Waals surface area contributed by atoms with Crippen LogP contribution in [-0.2, 0) is 14.4 Å². The van der Waals surface area contributed by atoms with Gasteiger partial charge in [0.25, 0.3) is 5.91 Å². The summed E-state index contributed by atoms with van der Waals surface area (Å²) in [6.07, 6.45) is 0.250. The summed E-state index contributed by atoms with van der Waals surface area (Å²) in [6, 6.07) is 0. The molecule has 0 radical (unpaired) electrons. The maximum Gasteiger partial charge on any atom is 0.252 e. The Labute approximate surface area is 101 Å². The Morgan fingerprint density at radius 1 is 1.53 bits per heavy atom. The number of nitrogens with zero attached hydrogens (tertiary/aromatic N) is 1. The van der Waals surface area contributed by atoms with Gasteiger partial charge in [-0.05, 0) is 26.3 Å². The zero-order chi connectivity index (χ0) is 13.2. The van der Waals surface area contributed by atoms with E-state index in [1.807, 2.05) is 6.92 Å². The summed E-state index contributed by atoms with van der Waals surface area (Å²) in [5, 5.41) is 2.23. The third-order valence-electron chi connectivity index (χ3n) is 3.01. The van der Waals surface area contributed by atoms with E-state index >= 15 is 0 Å². The maximum atomic E-state index is 12.0. The van der Waals surface area contributed by atoms with E-state index in [4.69, 9.17) is 5.73 Å². The van der Waals surface area contributed by atoms with E-state index in [0.717, 1.165) is 0 Å². The van der Waals surface area contributed by atoms with Crippen LogP contribution in [-0.4, -0.2) is 41.2 Å². The van der Waals surface area contributed by atoms with Crippen molar-refractivity contribution < 1.29 is 14.4 Å². The van der Waals surface area contributed by atoms with Gasteiger partial charge in [0.2, 0.25) is 11.8 Å². The predicted octanol–water partition coefficient (Wildman–Crippen LogP) is -0.765. The van der Waals surface area contributed by atoms with Gasteiger partial charge >= 0.3 is 0 Å². The fourth-order valence-electron chi connectivity index (χ4n) is 1.67. The van der Waals surface area contributed by atoms with Crippen molar-refractivity contribution in [1.29, 1.82) is 0 Å². The van der Waals surface area contributed by atoms with Crippen LogP contribution in [0.4, 0.5) is 0 Å². The molecule has 3 amide bonds. The average Bonchev–Trinajstić information content (AvgIpc) is 2.23. The second-order valence-corrected chi connectivity index (χ2v) is 4.96. The lowest BCUT2D eigenvalue weighted by molar-refractivity contribution is -0.155. The van der Waals surface area contributed by atoms with Crippen molar-refractivity contribution in [3.05, 3.63) is 0 Å². The van der Waals surface area contributed by atoms with Gasteiger partial charge in [0.05, 0.1) is 0 Å². The highest BCUT2D eigenvalue weighted by molar-refractivity contribution is 6.06. The molecule has 0 aromatic heterocycles. The first-order valence-corrected chi connectivity index (χ1v) is 5.64. The van der Waals surface area contributed by atoms with Crippen molar-refractivity contribution in [2.45, 2.75) is 32.7 Å². The molecule has 0 aromatic rings. The molecule has 1 unspecified atom stereocenters.